The summed E-state index contributed by atoms with van der Waals surface area (Å²) in [7, 11) is 1.53. The molecule has 0 aliphatic heterocycles. The third kappa shape index (κ3) is 2.81. The van der Waals surface area contributed by atoms with Gasteiger partial charge in [0.2, 0.25) is 0 Å². The van der Waals surface area contributed by atoms with Crippen LogP contribution in [0.25, 0.3) is 0 Å². The second kappa shape index (κ2) is 5.85. The minimum Gasteiger partial charge on any atom is -0.496 e. The molecule has 20 heavy (non-hydrogen) atoms. The highest BCUT2D eigenvalue weighted by Crippen LogP contribution is 2.31. The number of rotatable bonds is 3. The van der Waals surface area contributed by atoms with Gasteiger partial charge in [-0.3, -0.25) is 4.79 Å². The van der Waals surface area contributed by atoms with E-state index in [2.05, 4.69) is 15.9 Å². The van der Waals surface area contributed by atoms with Gasteiger partial charge in [0.05, 0.1) is 17.7 Å². The van der Waals surface area contributed by atoms with E-state index in [1.165, 1.54) is 7.11 Å². The zero-order chi connectivity index (χ0) is 14.9. The lowest BCUT2D eigenvalue weighted by Crippen LogP contribution is -2.06. The van der Waals surface area contributed by atoms with Gasteiger partial charge in [0.25, 0.3) is 0 Å². The number of methoxy groups -OCH3 is 1. The molecule has 104 valence electrons. The van der Waals surface area contributed by atoms with E-state index < -0.39 is 0 Å². The van der Waals surface area contributed by atoms with Crippen LogP contribution >= 0.6 is 27.5 Å². The molecule has 2 rings (SSSR count). The Morgan fingerprint density at radius 3 is 2.55 bits per heavy atom. The van der Waals surface area contributed by atoms with Crippen molar-refractivity contribution in [1.82, 2.24) is 0 Å². The van der Waals surface area contributed by atoms with Crippen LogP contribution in [0.5, 0.6) is 5.75 Å². The first-order valence-corrected chi connectivity index (χ1v) is 7.05. The first kappa shape index (κ1) is 14.9. The standard InChI is InChI=1S/C15H13BrClNO2/c1-8-5-14(20-2)11(7-12(8)16)15(19)10-4-3-9(18)6-13(10)17/h3-7H,18H2,1-2H3. The summed E-state index contributed by atoms with van der Waals surface area (Å²) in [5.41, 5.74) is 8.00. The van der Waals surface area contributed by atoms with Crippen molar-refractivity contribution in [2.75, 3.05) is 12.8 Å². The van der Waals surface area contributed by atoms with E-state index in [0.29, 0.717) is 27.6 Å². The fraction of sp³-hybridized carbons (Fsp3) is 0.133. The number of nitrogens with two attached hydrogens (primary N) is 1. The van der Waals surface area contributed by atoms with Crippen molar-refractivity contribution in [2.45, 2.75) is 6.92 Å². The normalized spacial score (nSPS) is 10.4. The fourth-order valence-corrected chi connectivity index (χ4v) is 2.48. The highest BCUT2D eigenvalue weighted by molar-refractivity contribution is 9.10. The predicted octanol–water partition coefficient (Wildman–Crippen LogP) is 4.23. The molecule has 0 aliphatic rings. The largest absolute Gasteiger partial charge is 0.496 e. The molecule has 0 heterocycles. The Balaban J connectivity index is 2.55. The monoisotopic (exact) mass is 353 g/mol. The molecule has 0 saturated carbocycles. The Morgan fingerprint density at radius 2 is 1.95 bits per heavy atom. The van der Waals surface area contributed by atoms with Crippen molar-refractivity contribution in [3.8, 4) is 5.75 Å². The van der Waals surface area contributed by atoms with Gasteiger partial charge >= 0.3 is 0 Å². The molecule has 0 spiro atoms. The Morgan fingerprint density at radius 1 is 1.25 bits per heavy atom. The van der Waals surface area contributed by atoms with Gasteiger partial charge < -0.3 is 10.5 Å². The molecule has 0 aliphatic carbocycles. The van der Waals surface area contributed by atoms with Crippen LogP contribution in [0.15, 0.2) is 34.8 Å². The van der Waals surface area contributed by atoms with Crippen molar-refractivity contribution in [3.05, 3.63) is 56.5 Å². The summed E-state index contributed by atoms with van der Waals surface area (Å²) in [5.74, 6) is 0.316. The Labute approximate surface area is 130 Å². The van der Waals surface area contributed by atoms with E-state index in [1.807, 2.05) is 13.0 Å². The second-order valence-corrected chi connectivity index (χ2v) is 5.63. The van der Waals surface area contributed by atoms with E-state index in [9.17, 15) is 4.79 Å². The number of ether oxygens (including phenoxy) is 1. The van der Waals surface area contributed by atoms with Gasteiger partial charge in [-0.05, 0) is 42.8 Å². The molecular weight excluding hydrogens is 342 g/mol. The molecule has 2 aromatic rings. The van der Waals surface area contributed by atoms with Gasteiger partial charge in [0.15, 0.2) is 5.78 Å². The van der Waals surface area contributed by atoms with Crippen LogP contribution in [0.4, 0.5) is 5.69 Å². The van der Waals surface area contributed by atoms with Gasteiger partial charge in [0, 0.05) is 15.7 Å². The quantitative estimate of drug-likeness (QED) is 0.663. The van der Waals surface area contributed by atoms with Gasteiger partial charge in [-0.1, -0.05) is 27.5 Å². The highest BCUT2D eigenvalue weighted by atomic mass is 79.9. The number of carbonyl (C=O) groups is 1. The zero-order valence-electron chi connectivity index (χ0n) is 11.0. The van der Waals surface area contributed by atoms with Gasteiger partial charge in [-0.15, -0.1) is 0 Å². The summed E-state index contributed by atoms with van der Waals surface area (Å²) in [6, 6.07) is 8.37. The van der Waals surface area contributed by atoms with Crippen molar-refractivity contribution >= 4 is 39.0 Å². The molecule has 0 atom stereocenters. The summed E-state index contributed by atoms with van der Waals surface area (Å²) in [6.07, 6.45) is 0. The number of hydrogen-bond acceptors (Lipinski definition) is 3. The van der Waals surface area contributed by atoms with Crippen LogP contribution in [-0.2, 0) is 0 Å². The Kier molecular flexibility index (Phi) is 4.35. The molecule has 5 heteroatoms. The van der Waals surface area contributed by atoms with Crippen LogP contribution in [0.3, 0.4) is 0 Å². The summed E-state index contributed by atoms with van der Waals surface area (Å²) >= 11 is 9.51. The van der Waals surface area contributed by atoms with Crippen LogP contribution < -0.4 is 10.5 Å². The van der Waals surface area contributed by atoms with E-state index in [-0.39, 0.29) is 5.78 Å². The molecule has 0 saturated heterocycles. The molecule has 0 radical (unpaired) electrons. The fourth-order valence-electron chi connectivity index (χ4n) is 1.86. The summed E-state index contributed by atoms with van der Waals surface area (Å²) in [5, 5.41) is 0.328. The maximum absolute atomic E-state index is 12.6. The number of halogens is 2. The minimum absolute atomic E-state index is 0.201. The smallest absolute Gasteiger partial charge is 0.198 e. The van der Waals surface area contributed by atoms with Gasteiger partial charge in [-0.2, -0.15) is 0 Å². The predicted molar refractivity (Wildman–Crippen MR) is 84.7 cm³/mol. The Bertz CT molecular complexity index is 686. The lowest BCUT2D eigenvalue weighted by Gasteiger charge is -2.11. The summed E-state index contributed by atoms with van der Waals surface area (Å²) in [4.78, 5) is 12.6. The highest BCUT2D eigenvalue weighted by Gasteiger charge is 2.18. The molecule has 0 amide bonds. The third-order valence-electron chi connectivity index (χ3n) is 2.96. The molecule has 0 bridgehead atoms. The number of carbonyl (C=O) groups excluding carboxylic acids is 1. The third-order valence-corrected chi connectivity index (χ3v) is 4.13. The topological polar surface area (TPSA) is 52.3 Å². The summed E-state index contributed by atoms with van der Waals surface area (Å²) in [6.45, 7) is 1.93. The average molecular weight is 355 g/mol. The average Bonchev–Trinajstić information content (AvgIpc) is 2.40. The maximum Gasteiger partial charge on any atom is 0.198 e. The van der Waals surface area contributed by atoms with Gasteiger partial charge in [-0.25, -0.2) is 0 Å². The van der Waals surface area contributed by atoms with Gasteiger partial charge in [0.1, 0.15) is 5.75 Å². The minimum atomic E-state index is -0.201. The number of hydrogen-bond donors (Lipinski definition) is 1. The molecule has 0 fully saturated rings. The lowest BCUT2D eigenvalue weighted by atomic mass is 10.0. The van der Waals surface area contributed by atoms with Crippen molar-refractivity contribution in [1.29, 1.82) is 0 Å². The molecule has 3 nitrogen and oxygen atoms in total. The van der Waals surface area contributed by atoms with Crippen LogP contribution in [0.1, 0.15) is 21.5 Å². The van der Waals surface area contributed by atoms with E-state index in [1.54, 1.807) is 24.3 Å². The molecular formula is C15H13BrClNO2. The molecule has 2 N–H and O–H groups in total. The number of aryl methyl sites for hydroxylation is 1. The van der Waals surface area contributed by atoms with Crippen molar-refractivity contribution in [2.24, 2.45) is 0 Å². The second-order valence-electron chi connectivity index (χ2n) is 4.37. The maximum atomic E-state index is 12.6. The molecule has 0 aromatic heterocycles. The molecule has 0 unspecified atom stereocenters. The van der Waals surface area contributed by atoms with E-state index in [4.69, 9.17) is 22.1 Å². The van der Waals surface area contributed by atoms with Crippen molar-refractivity contribution < 1.29 is 9.53 Å². The number of anilines is 1. The first-order valence-electron chi connectivity index (χ1n) is 5.88. The van der Waals surface area contributed by atoms with E-state index >= 15 is 0 Å². The molecule has 2 aromatic carbocycles. The SMILES string of the molecule is COc1cc(C)c(Br)cc1C(=O)c1ccc(N)cc1Cl. The van der Waals surface area contributed by atoms with Crippen LogP contribution in [-0.4, -0.2) is 12.9 Å². The van der Waals surface area contributed by atoms with E-state index in [0.717, 1.165) is 10.0 Å². The first-order chi connectivity index (χ1) is 9.43. The zero-order valence-corrected chi connectivity index (χ0v) is 13.4. The number of benzene rings is 2. The Hall–Kier alpha value is -1.52. The van der Waals surface area contributed by atoms with Crippen LogP contribution in [0, 0.1) is 6.92 Å². The van der Waals surface area contributed by atoms with Crippen molar-refractivity contribution in [3.63, 3.8) is 0 Å². The summed E-state index contributed by atoms with van der Waals surface area (Å²) < 4.78 is 6.12. The lowest BCUT2D eigenvalue weighted by molar-refractivity contribution is 0.103. The number of nitrogen functional groups attached to an aromatic ring is 1. The number of ketones is 1. The van der Waals surface area contributed by atoms with Crippen LogP contribution in [0.2, 0.25) is 5.02 Å².